The van der Waals surface area contributed by atoms with E-state index in [1.807, 2.05) is 0 Å². The summed E-state index contributed by atoms with van der Waals surface area (Å²) < 4.78 is 5.93. The highest BCUT2D eigenvalue weighted by atomic mass is 16.3. The summed E-state index contributed by atoms with van der Waals surface area (Å²) in [7, 11) is 0. The number of rotatable bonds is 5. The van der Waals surface area contributed by atoms with Crippen LogP contribution in [0.4, 0.5) is 0 Å². The van der Waals surface area contributed by atoms with Crippen LogP contribution >= 0.6 is 0 Å². The maximum atomic E-state index is 5.93. The Kier molecular flexibility index (Phi) is 5.28. The Labute approximate surface area is 123 Å². The molecule has 2 atom stereocenters. The molecule has 0 aromatic carbocycles. The van der Waals surface area contributed by atoms with Gasteiger partial charge in [-0.3, -0.25) is 4.90 Å². The molecule has 1 fully saturated rings. The second kappa shape index (κ2) is 6.77. The zero-order valence-corrected chi connectivity index (χ0v) is 13.7. The molecule has 0 bridgehead atoms. The van der Waals surface area contributed by atoms with Crippen LogP contribution in [0, 0.1) is 18.8 Å². The largest absolute Gasteiger partial charge is 0.465 e. The van der Waals surface area contributed by atoms with Gasteiger partial charge in [-0.25, -0.2) is 0 Å². The molecule has 20 heavy (non-hydrogen) atoms. The predicted molar refractivity (Wildman–Crippen MR) is 83.6 cm³/mol. The molecule has 0 saturated carbocycles. The number of nitrogens with one attached hydrogen (secondary N) is 1. The first-order valence-corrected chi connectivity index (χ1v) is 7.99. The molecule has 0 radical (unpaired) electrons. The van der Waals surface area contributed by atoms with E-state index in [-0.39, 0.29) is 0 Å². The fourth-order valence-electron chi connectivity index (χ4n) is 2.87. The van der Waals surface area contributed by atoms with Crippen LogP contribution in [0.15, 0.2) is 10.5 Å². The monoisotopic (exact) mass is 278 g/mol. The molecule has 0 amide bonds. The van der Waals surface area contributed by atoms with Crippen molar-refractivity contribution in [3.8, 4) is 0 Å². The first-order chi connectivity index (χ1) is 9.45. The lowest BCUT2D eigenvalue weighted by Crippen LogP contribution is -2.37. The van der Waals surface area contributed by atoms with Crippen molar-refractivity contribution in [3.05, 3.63) is 23.2 Å². The van der Waals surface area contributed by atoms with Crippen molar-refractivity contribution in [3.63, 3.8) is 0 Å². The van der Waals surface area contributed by atoms with Crippen molar-refractivity contribution in [2.24, 2.45) is 11.8 Å². The molecule has 0 aliphatic carbocycles. The molecule has 2 rings (SSSR count). The van der Waals surface area contributed by atoms with E-state index in [2.05, 4.69) is 50.9 Å². The molecule has 1 aliphatic rings. The number of likely N-dealkylation sites (tertiary alicyclic amines) is 1. The van der Waals surface area contributed by atoms with Crippen molar-refractivity contribution in [2.45, 2.75) is 60.2 Å². The van der Waals surface area contributed by atoms with E-state index in [0.717, 1.165) is 36.4 Å². The first-order valence-electron chi connectivity index (χ1n) is 7.99. The van der Waals surface area contributed by atoms with Crippen LogP contribution in [0.3, 0.4) is 0 Å². The van der Waals surface area contributed by atoms with E-state index in [0.29, 0.717) is 6.04 Å². The van der Waals surface area contributed by atoms with E-state index in [1.165, 1.54) is 25.1 Å². The normalized spacial score (nSPS) is 24.5. The van der Waals surface area contributed by atoms with Crippen molar-refractivity contribution in [1.29, 1.82) is 0 Å². The van der Waals surface area contributed by atoms with Gasteiger partial charge < -0.3 is 9.73 Å². The van der Waals surface area contributed by atoms with Gasteiger partial charge in [0.2, 0.25) is 0 Å². The molecule has 1 N–H and O–H groups in total. The summed E-state index contributed by atoms with van der Waals surface area (Å²) in [5, 5.41) is 3.46. The Bertz CT molecular complexity index is 425. The van der Waals surface area contributed by atoms with Gasteiger partial charge in [-0.2, -0.15) is 0 Å². The van der Waals surface area contributed by atoms with Crippen LogP contribution in [-0.4, -0.2) is 24.0 Å². The standard InChI is InChI=1S/C17H30N2O/c1-12(2)18-9-16-8-17(20-15(16)5)11-19-7-6-13(3)14(4)10-19/h8,12-14,18H,6-7,9-11H2,1-5H3. The third kappa shape index (κ3) is 4.10. The number of hydrogen-bond acceptors (Lipinski definition) is 3. The van der Waals surface area contributed by atoms with Crippen LogP contribution in [0.1, 0.15) is 51.2 Å². The van der Waals surface area contributed by atoms with E-state index in [9.17, 15) is 0 Å². The van der Waals surface area contributed by atoms with Gasteiger partial charge in [-0.15, -0.1) is 0 Å². The van der Waals surface area contributed by atoms with Crippen molar-refractivity contribution >= 4 is 0 Å². The molecule has 2 heterocycles. The van der Waals surface area contributed by atoms with E-state index in [1.54, 1.807) is 0 Å². The molecule has 0 spiro atoms. The van der Waals surface area contributed by atoms with E-state index < -0.39 is 0 Å². The average Bonchev–Trinajstić information content (AvgIpc) is 2.72. The molecular formula is C17H30N2O. The molecule has 1 saturated heterocycles. The maximum absolute atomic E-state index is 5.93. The van der Waals surface area contributed by atoms with Crippen molar-refractivity contribution in [2.75, 3.05) is 13.1 Å². The van der Waals surface area contributed by atoms with Gasteiger partial charge in [-0.1, -0.05) is 27.7 Å². The minimum Gasteiger partial charge on any atom is -0.465 e. The zero-order chi connectivity index (χ0) is 14.7. The van der Waals surface area contributed by atoms with Gasteiger partial charge >= 0.3 is 0 Å². The van der Waals surface area contributed by atoms with Crippen molar-refractivity contribution in [1.82, 2.24) is 10.2 Å². The fourth-order valence-corrected chi connectivity index (χ4v) is 2.87. The summed E-state index contributed by atoms with van der Waals surface area (Å²) in [5.41, 5.74) is 1.30. The molecular weight excluding hydrogens is 248 g/mol. The third-order valence-electron chi connectivity index (χ3n) is 4.57. The Morgan fingerprint density at radius 1 is 1.35 bits per heavy atom. The van der Waals surface area contributed by atoms with Crippen LogP contribution in [0.5, 0.6) is 0 Å². The van der Waals surface area contributed by atoms with E-state index >= 15 is 0 Å². The summed E-state index contributed by atoms with van der Waals surface area (Å²) >= 11 is 0. The summed E-state index contributed by atoms with van der Waals surface area (Å²) in [4.78, 5) is 2.53. The highest BCUT2D eigenvalue weighted by Gasteiger charge is 2.23. The summed E-state index contributed by atoms with van der Waals surface area (Å²) in [6.07, 6.45) is 1.31. The summed E-state index contributed by atoms with van der Waals surface area (Å²) in [6, 6.07) is 2.74. The molecule has 2 unspecified atom stereocenters. The lowest BCUT2D eigenvalue weighted by atomic mass is 9.89. The van der Waals surface area contributed by atoms with Gasteiger partial charge in [0.1, 0.15) is 11.5 Å². The number of aryl methyl sites for hydroxylation is 1. The topological polar surface area (TPSA) is 28.4 Å². The Morgan fingerprint density at radius 3 is 2.75 bits per heavy atom. The minimum atomic E-state index is 0.511. The lowest BCUT2D eigenvalue weighted by molar-refractivity contribution is 0.124. The molecule has 3 nitrogen and oxygen atoms in total. The zero-order valence-electron chi connectivity index (χ0n) is 13.7. The quantitative estimate of drug-likeness (QED) is 0.892. The van der Waals surface area contributed by atoms with Gasteiger partial charge in [0.15, 0.2) is 0 Å². The molecule has 1 aromatic heterocycles. The number of hydrogen-bond donors (Lipinski definition) is 1. The van der Waals surface area contributed by atoms with Crippen LogP contribution in [0.25, 0.3) is 0 Å². The SMILES string of the molecule is Cc1oc(CN2CCC(C)C(C)C2)cc1CNC(C)C. The van der Waals surface area contributed by atoms with Gasteiger partial charge in [0.25, 0.3) is 0 Å². The Morgan fingerprint density at radius 2 is 2.10 bits per heavy atom. The number of nitrogens with zero attached hydrogens (tertiary/aromatic N) is 1. The third-order valence-corrected chi connectivity index (χ3v) is 4.57. The fraction of sp³-hybridized carbons (Fsp3) is 0.765. The highest BCUT2D eigenvalue weighted by Crippen LogP contribution is 2.24. The molecule has 1 aliphatic heterocycles. The van der Waals surface area contributed by atoms with Gasteiger partial charge in [-0.05, 0) is 37.8 Å². The first kappa shape index (κ1) is 15.6. The molecule has 1 aromatic rings. The lowest BCUT2D eigenvalue weighted by Gasteiger charge is -2.34. The highest BCUT2D eigenvalue weighted by molar-refractivity contribution is 5.20. The second-order valence-electron chi connectivity index (χ2n) is 6.81. The predicted octanol–water partition coefficient (Wildman–Crippen LogP) is 3.56. The molecule has 114 valence electrons. The van der Waals surface area contributed by atoms with Gasteiger partial charge in [0.05, 0.1) is 6.54 Å². The van der Waals surface area contributed by atoms with Crippen LogP contribution in [-0.2, 0) is 13.1 Å². The van der Waals surface area contributed by atoms with Crippen molar-refractivity contribution < 1.29 is 4.42 Å². The Hall–Kier alpha value is -0.800. The summed E-state index contributed by atoms with van der Waals surface area (Å²) in [5.74, 6) is 3.83. The summed E-state index contributed by atoms with van der Waals surface area (Å²) in [6.45, 7) is 15.4. The number of furan rings is 1. The second-order valence-corrected chi connectivity index (χ2v) is 6.81. The molecule has 3 heteroatoms. The van der Waals surface area contributed by atoms with Crippen LogP contribution in [0.2, 0.25) is 0 Å². The average molecular weight is 278 g/mol. The van der Waals surface area contributed by atoms with Crippen LogP contribution < -0.4 is 5.32 Å². The Balaban J connectivity index is 1.91. The minimum absolute atomic E-state index is 0.511. The number of piperidine rings is 1. The maximum Gasteiger partial charge on any atom is 0.118 e. The van der Waals surface area contributed by atoms with Gasteiger partial charge in [0, 0.05) is 24.7 Å². The van der Waals surface area contributed by atoms with E-state index in [4.69, 9.17) is 4.42 Å². The smallest absolute Gasteiger partial charge is 0.118 e.